The fraction of sp³-hybridized carbons (Fsp3) is 0.294. The van der Waals surface area contributed by atoms with E-state index in [1.54, 1.807) is 7.11 Å². The van der Waals surface area contributed by atoms with Crippen molar-refractivity contribution in [2.24, 2.45) is 5.73 Å². The molecular weight excluding hydrogens is 248 g/mol. The van der Waals surface area contributed by atoms with Gasteiger partial charge in [-0.1, -0.05) is 30.3 Å². The van der Waals surface area contributed by atoms with E-state index in [1.165, 1.54) is 5.56 Å². The Morgan fingerprint density at radius 3 is 2.55 bits per heavy atom. The third-order valence-corrected chi connectivity index (χ3v) is 3.60. The minimum atomic E-state index is 0.0907. The second kappa shape index (κ2) is 6.44. The highest BCUT2D eigenvalue weighted by atomic mass is 16.5. The van der Waals surface area contributed by atoms with Gasteiger partial charge in [0.05, 0.1) is 13.2 Å². The number of ether oxygens (including phenoxy) is 1. The van der Waals surface area contributed by atoms with E-state index in [1.807, 2.05) is 18.2 Å². The largest absolute Gasteiger partial charge is 0.496 e. The Bertz CT molecular complexity index is 568. The predicted molar refractivity (Wildman–Crippen MR) is 84.4 cm³/mol. The molecule has 0 aliphatic heterocycles. The molecule has 2 aromatic carbocycles. The zero-order valence-electron chi connectivity index (χ0n) is 12.3. The molecule has 0 aromatic heterocycles. The van der Waals surface area contributed by atoms with Crippen LogP contribution in [0.1, 0.15) is 17.2 Å². The van der Waals surface area contributed by atoms with Crippen LogP contribution in [-0.2, 0) is 0 Å². The molecule has 3 nitrogen and oxygen atoms in total. The van der Waals surface area contributed by atoms with Gasteiger partial charge in [-0.05, 0) is 30.7 Å². The highest BCUT2D eigenvalue weighted by Crippen LogP contribution is 2.31. The van der Waals surface area contributed by atoms with E-state index < -0.39 is 0 Å². The maximum atomic E-state index is 6.01. The van der Waals surface area contributed by atoms with Crippen LogP contribution in [0.3, 0.4) is 0 Å². The Morgan fingerprint density at radius 1 is 1.15 bits per heavy atom. The van der Waals surface area contributed by atoms with Crippen molar-refractivity contribution < 1.29 is 4.74 Å². The highest BCUT2D eigenvalue weighted by molar-refractivity contribution is 5.51. The van der Waals surface area contributed by atoms with Gasteiger partial charge in [-0.3, -0.25) is 0 Å². The zero-order chi connectivity index (χ0) is 14.5. The van der Waals surface area contributed by atoms with Crippen LogP contribution in [0.4, 0.5) is 5.69 Å². The van der Waals surface area contributed by atoms with Crippen LogP contribution in [0, 0.1) is 6.92 Å². The summed E-state index contributed by atoms with van der Waals surface area (Å²) in [5, 5.41) is 0. The van der Waals surface area contributed by atoms with Crippen LogP contribution >= 0.6 is 0 Å². The second-order valence-corrected chi connectivity index (χ2v) is 4.94. The molecule has 2 rings (SSSR count). The number of likely N-dealkylation sites (N-methyl/N-ethyl adjacent to an activating group) is 1. The molecule has 0 saturated heterocycles. The Balaban J connectivity index is 2.36. The minimum Gasteiger partial charge on any atom is -0.496 e. The number of aryl methyl sites for hydroxylation is 1. The molecular formula is C17H22N2O. The first kappa shape index (κ1) is 14.4. The number of hydrogen-bond donors (Lipinski definition) is 1. The summed E-state index contributed by atoms with van der Waals surface area (Å²) < 4.78 is 5.46. The fourth-order valence-electron chi connectivity index (χ4n) is 2.46. The van der Waals surface area contributed by atoms with Gasteiger partial charge in [-0.25, -0.2) is 0 Å². The van der Waals surface area contributed by atoms with E-state index >= 15 is 0 Å². The Kier molecular flexibility index (Phi) is 4.64. The van der Waals surface area contributed by atoms with Gasteiger partial charge in [0.2, 0.25) is 0 Å². The van der Waals surface area contributed by atoms with Crippen LogP contribution in [0.25, 0.3) is 0 Å². The van der Waals surface area contributed by atoms with Crippen molar-refractivity contribution in [1.82, 2.24) is 0 Å². The molecule has 1 atom stereocenters. The fourth-order valence-corrected chi connectivity index (χ4v) is 2.46. The normalized spacial score (nSPS) is 12.0. The lowest BCUT2D eigenvalue weighted by atomic mass is 10.0. The quantitative estimate of drug-likeness (QED) is 0.907. The van der Waals surface area contributed by atoms with Crippen LogP contribution in [0.5, 0.6) is 5.75 Å². The zero-order valence-corrected chi connectivity index (χ0v) is 12.3. The van der Waals surface area contributed by atoms with Gasteiger partial charge in [0.1, 0.15) is 5.75 Å². The summed E-state index contributed by atoms with van der Waals surface area (Å²) in [6.45, 7) is 2.63. The minimum absolute atomic E-state index is 0.0907. The first-order valence-electron chi connectivity index (χ1n) is 6.80. The Hall–Kier alpha value is -2.00. The van der Waals surface area contributed by atoms with Crippen molar-refractivity contribution in [2.45, 2.75) is 13.0 Å². The molecule has 0 bridgehead atoms. The molecule has 0 radical (unpaired) electrons. The molecule has 0 spiro atoms. The summed E-state index contributed by atoms with van der Waals surface area (Å²) in [5.74, 6) is 0.877. The Labute approximate surface area is 121 Å². The van der Waals surface area contributed by atoms with Gasteiger partial charge in [-0.15, -0.1) is 0 Å². The van der Waals surface area contributed by atoms with E-state index in [9.17, 15) is 0 Å². The van der Waals surface area contributed by atoms with E-state index in [0.29, 0.717) is 6.54 Å². The smallest absolute Gasteiger partial charge is 0.124 e. The number of anilines is 1. The molecule has 20 heavy (non-hydrogen) atoms. The Morgan fingerprint density at radius 2 is 1.90 bits per heavy atom. The van der Waals surface area contributed by atoms with Gasteiger partial charge in [0.25, 0.3) is 0 Å². The third-order valence-electron chi connectivity index (χ3n) is 3.60. The molecule has 0 fully saturated rings. The molecule has 3 heteroatoms. The summed E-state index contributed by atoms with van der Waals surface area (Å²) in [5.41, 5.74) is 9.52. The summed E-state index contributed by atoms with van der Waals surface area (Å²) in [6.07, 6.45) is 0. The highest BCUT2D eigenvalue weighted by Gasteiger charge is 2.19. The SMILES string of the molecule is COc1ccccc1C(CN)N(C)c1cccc(C)c1. The van der Waals surface area contributed by atoms with E-state index in [0.717, 1.165) is 17.0 Å². The first-order chi connectivity index (χ1) is 9.67. The lowest BCUT2D eigenvalue weighted by Gasteiger charge is -2.30. The topological polar surface area (TPSA) is 38.5 Å². The van der Waals surface area contributed by atoms with Gasteiger partial charge in [0, 0.05) is 24.8 Å². The molecule has 0 saturated carbocycles. The summed E-state index contributed by atoms with van der Waals surface area (Å²) in [4.78, 5) is 2.20. The van der Waals surface area contributed by atoms with Crippen LogP contribution in [0.15, 0.2) is 48.5 Å². The maximum absolute atomic E-state index is 6.01. The van der Waals surface area contributed by atoms with Gasteiger partial charge in [0.15, 0.2) is 0 Å². The number of para-hydroxylation sites is 1. The number of hydrogen-bond acceptors (Lipinski definition) is 3. The molecule has 2 N–H and O–H groups in total. The lowest BCUT2D eigenvalue weighted by Crippen LogP contribution is -2.30. The monoisotopic (exact) mass is 270 g/mol. The van der Waals surface area contributed by atoms with Crippen molar-refractivity contribution >= 4 is 5.69 Å². The molecule has 0 aliphatic rings. The summed E-state index contributed by atoms with van der Waals surface area (Å²) in [6, 6.07) is 16.6. The van der Waals surface area contributed by atoms with Crippen LogP contribution < -0.4 is 15.4 Å². The van der Waals surface area contributed by atoms with Crippen molar-refractivity contribution in [3.63, 3.8) is 0 Å². The predicted octanol–water partition coefficient (Wildman–Crippen LogP) is 3.14. The molecule has 2 aromatic rings. The number of methoxy groups -OCH3 is 1. The molecule has 0 aliphatic carbocycles. The van der Waals surface area contributed by atoms with Crippen molar-refractivity contribution in [3.8, 4) is 5.75 Å². The van der Waals surface area contributed by atoms with Crippen molar-refractivity contribution in [1.29, 1.82) is 0 Å². The van der Waals surface area contributed by atoms with Crippen molar-refractivity contribution in [3.05, 3.63) is 59.7 Å². The van der Waals surface area contributed by atoms with Crippen molar-refractivity contribution in [2.75, 3.05) is 25.6 Å². The molecule has 0 amide bonds. The van der Waals surface area contributed by atoms with Gasteiger partial charge in [-0.2, -0.15) is 0 Å². The van der Waals surface area contributed by atoms with E-state index in [4.69, 9.17) is 10.5 Å². The molecule has 106 valence electrons. The number of rotatable bonds is 5. The second-order valence-electron chi connectivity index (χ2n) is 4.94. The summed E-state index contributed by atoms with van der Waals surface area (Å²) >= 11 is 0. The average Bonchev–Trinajstić information content (AvgIpc) is 2.48. The lowest BCUT2D eigenvalue weighted by molar-refractivity contribution is 0.405. The average molecular weight is 270 g/mol. The number of benzene rings is 2. The van der Waals surface area contributed by atoms with Crippen LogP contribution in [0.2, 0.25) is 0 Å². The first-order valence-corrected chi connectivity index (χ1v) is 6.80. The number of nitrogens with two attached hydrogens (primary N) is 1. The summed E-state index contributed by atoms with van der Waals surface area (Å²) in [7, 11) is 3.76. The third kappa shape index (κ3) is 2.94. The molecule has 0 heterocycles. The molecule has 1 unspecified atom stereocenters. The maximum Gasteiger partial charge on any atom is 0.124 e. The van der Waals surface area contributed by atoms with Gasteiger partial charge < -0.3 is 15.4 Å². The van der Waals surface area contributed by atoms with Crippen LogP contribution in [-0.4, -0.2) is 20.7 Å². The number of nitrogens with zero attached hydrogens (tertiary/aromatic N) is 1. The van der Waals surface area contributed by atoms with E-state index in [2.05, 4.69) is 49.2 Å². The standard InChI is InChI=1S/C17H22N2O/c1-13-7-6-8-14(11-13)19(2)16(12-18)15-9-4-5-10-17(15)20-3/h4-11,16H,12,18H2,1-3H3. The van der Waals surface area contributed by atoms with Gasteiger partial charge >= 0.3 is 0 Å². The van der Waals surface area contributed by atoms with E-state index in [-0.39, 0.29) is 6.04 Å².